The van der Waals surface area contributed by atoms with E-state index in [2.05, 4.69) is 15.3 Å². The van der Waals surface area contributed by atoms with Crippen molar-refractivity contribution in [3.63, 3.8) is 0 Å². The summed E-state index contributed by atoms with van der Waals surface area (Å²) < 4.78 is 1.85. The Morgan fingerprint density at radius 2 is 1.89 bits per heavy atom. The van der Waals surface area contributed by atoms with E-state index in [1.165, 1.54) is 0 Å². The van der Waals surface area contributed by atoms with Gasteiger partial charge < -0.3 is 5.32 Å². The number of amides is 1. The van der Waals surface area contributed by atoms with Crippen molar-refractivity contribution in [2.45, 2.75) is 13.8 Å². The fraction of sp³-hybridized carbons (Fsp3) is 0.0952. The Morgan fingerprint density at radius 3 is 2.71 bits per heavy atom. The number of rotatable bonds is 3. The van der Waals surface area contributed by atoms with Gasteiger partial charge in [-0.25, -0.2) is 9.97 Å². The number of hydrogen-bond acceptors (Lipinski definition) is 3. The molecule has 7 heteroatoms. The van der Waals surface area contributed by atoms with Crippen LogP contribution in [0.5, 0.6) is 0 Å². The summed E-state index contributed by atoms with van der Waals surface area (Å²) in [5, 5.41) is 3.97. The van der Waals surface area contributed by atoms with Crippen molar-refractivity contribution >= 4 is 46.0 Å². The highest BCUT2D eigenvalue weighted by Crippen LogP contribution is 2.28. The van der Waals surface area contributed by atoms with E-state index in [0.717, 1.165) is 16.9 Å². The van der Waals surface area contributed by atoms with Crippen LogP contribution in [-0.4, -0.2) is 20.4 Å². The van der Waals surface area contributed by atoms with Gasteiger partial charge in [0.15, 0.2) is 5.65 Å². The topological polar surface area (TPSA) is 59.8 Å². The second kappa shape index (κ2) is 7.26. The number of aromatic nitrogens is 3. The van der Waals surface area contributed by atoms with Crippen LogP contribution in [0, 0.1) is 13.8 Å². The summed E-state index contributed by atoms with van der Waals surface area (Å²) in [6, 6.07) is 14.2. The van der Waals surface area contributed by atoms with Crippen molar-refractivity contribution in [3.05, 3.63) is 81.7 Å². The van der Waals surface area contributed by atoms with E-state index in [-0.39, 0.29) is 5.91 Å². The molecule has 0 unspecified atom stereocenters. The predicted molar refractivity (Wildman–Crippen MR) is 113 cm³/mol. The van der Waals surface area contributed by atoms with Crippen molar-refractivity contribution in [3.8, 4) is 5.69 Å². The van der Waals surface area contributed by atoms with Gasteiger partial charge in [0.05, 0.1) is 10.7 Å². The molecule has 0 aliphatic carbocycles. The zero-order valence-corrected chi connectivity index (χ0v) is 16.7. The van der Waals surface area contributed by atoms with Crippen LogP contribution in [0.3, 0.4) is 0 Å². The lowest BCUT2D eigenvalue weighted by Crippen LogP contribution is -2.13. The SMILES string of the molecule is Cc1ccc(Cl)cc1NC(=O)c1ccc(Cl)c(-n2c(C)nc3cccnc32)c1. The predicted octanol–water partition coefficient (Wildman–Crippen LogP) is 5.60. The lowest BCUT2D eigenvalue weighted by atomic mass is 10.1. The number of benzene rings is 2. The van der Waals surface area contributed by atoms with E-state index in [9.17, 15) is 4.79 Å². The van der Waals surface area contributed by atoms with E-state index in [4.69, 9.17) is 23.2 Å². The van der Waals surface area contributed by atoms with Crippen LogP contribution in [0.15, 0.2) is 54.7 Å². The first-order chi connectivity index (χ1) is 13.4. The molecule has 2 heterocycles. The maximum Gasteiger partial charge on any atom is 0.255 e. The van der Waals surface area contributed by atoms with Gasteiger partial charge in [-0.1, -0.05) is 29.3 Å². The summed E-state index contributed by atoms with van der Waals surface area (Å²) in [7, 11) is 0. The van der Waals surface area contributed by atoms with E-state index in [1.807, 2.05) is 36.6 Å². The summed E-state index contributed by atoms with van der Waals surface area (Å²) in [5.41, 5.74) is 4.16. The van der Waals surface area contributed by atoms with E-state index in [1.54, 1.807) is 36.5 Å². The molecule has 0 saturated heterocycles. The minimum absolute atomic E-state index is 0.252. The number of nitrogens with one attached hydrogen (secondary N) is 1. The Morgan fingerprint density at radius 1 is 1.07 bits per heavy atom. The third kappa shape index (κ3) is 3.35. The molecule has 28 heavy (non-hydrogen) atoms. The van der Waals surface area contributed by atoms with Crippen LogP contribution in [0.25, 0.3) is 16.9 Å². The number of fused-ring (bicyclic) bond motifs is 1. The number of imidazole rings is 1. The first kappa shape index (κ1) is 18.5. The molecule has 1 amide bonds. The first-order valence-electron chi connectivity index (χ1n) is 8.61. The summed E-state index contributed by atoms with van der Waals surface area (Å²) >= 11 is 12.5. The minimum atomic E-state index is -0.252. The zero-order valence-electron chi connectivity index (χ0n) is 15.2. The van der Waals surface area contributed by atoms with Crippen LogP contribution >= 0.6 is 23.2 Å². The average molecular weight is 411 g/mol. The fourth-order valence-electron chi connectivity index (χ4n) is 3.06. The molecule has 2 aromatic heterocycles. The normalized spacial score (nSPS) is 11.0. The number of carbonyl (C=O) groups is 1. The standard InChI is InChI=1S/C21H16Cl2N4O/c1-12-5-7-15(22)11-18(12)26-21(28)14-6-8-16(23)19(10-14)27-13(2)25-17-4-3-9-24-20(17)27/h3-11H,1-2H3,(H,26,28). The Bertz CT molecular complexity index is 1220. The molecule has 0 bridgehead atoms. The molecule has 4 aromatic rings. The number of carbonyl (C=O) groups excluding carboxylic acids is 1. The second-order valence-corrected chi connectivity index (χ2v) is 7.26. The Balaban J connectivity index is 1.76. The van der Waals surface area contributed by atoms with E-state index in [0.29, 0.717) is 32.6 Å². The molecule has 5 nitrogen and oxygen atoms in total. The quantitative estimate of drug-likeness (QED) is 0.478. The summed E-state index contributed by atoms with van der Waals surface area (Å²) in [6.45, 7) is 3.78. The smallest absolute Gasteiger partial charge is 0.255 e. The fourth-order valence-corrected chi connectivity index (χ4v) is 3.44. The Labute approximate surface area is 171 Å². The number of hydrogen-bond donors (Lipinski definition) is 1. The van der Waals surface area contributed by atoms with Crippen LogP contribution in [0.1, 0.15) is 21.7 Å². The molecule has 0 saturated carbocycles. The number of pyridine rings is 1. The van der Waals surface area contributed by atoms with Crippen LogP contribution < -0.4 is 5.32 Å². The minimum Gasteiger partial charge on any atom is -0.322 e. The van der Waals surface area contributed by atoms with Gasteiger partial charge in [-0.2, -0.15) is 0 Å². The Kier molecular flexibility index (Phi) is 4.79. The third-order valence-corrected chi connectivity index (χ3v) is 5.04. The molecule has 0 fully saturated rings. The molecule has 4 rings (SSSR count). The van der Waals surface area contributed by atoms with Crippen molar-refractivity contribution in [1.82, 2.24) is 14.5 Å². The van der Waals surface area contributed by atoms with Gasteiger partial charge >= 0.3 is 0 Å². The van der Waals surface area contributed by atoms with Crippen molar-refractivity contribution in [2.75, 3.05) is 5.32 Å². The molecule has 0 atom stereocenters. The number of halogens is 2. The van der Waals surface area contributed by atoms with Crippen LogP contribution in [-0.2, 0) is 0 Å². The monoisotopic (exact) mass is 410 g/mol. The number of nitrogens with zero attached hydrogens (tertiary/aromatic N) is 3. The second-order valence-electron chi connectivity index (χ2n) is 6.42. The first-order valence-corrected chi connectivity index (χ1v) is 9.37. The molecular formula is C21H16Cl2N4O. The van der Waals surface area contributed by atoms with Crippen molar-refractivity contribution in [2.24, 2.45) is 0 Å². The van der Waals surface area contributed by atoms with E-state index < -0.39 is 0 Å². The lowest BCUT2D eigenvalue weighted by molar-refractivity contribution is 0.102. The van der Waals surface area contributed by atoms with Crippen LogP contribution in [0.4, 0.5) is 5.69 Å². The highest BCUT2D eigenvalue weighted by Gasteiger charge is 2.16. The third-order valence-electron chi connectivity index (χ3n) is 4.48. The molecule has 0 aliphatic rings. The molecule has 0 aliphatic heterocycles. The highest BCUT2D eigenvalue weighted by atomic mass is 35.5. The van der Waals surface area contributed by atoms with Crippen molar-refractivity contribution in [1.29, 1.82) is 0 Å². The van der Waals surface area contributed by atoms with Gasteiger partial charge in [-0.15, -0.1) is 0 Å². The lowest BCUT2D eigenvalue weighted by Gasteiger charge is -2.12. The molecule has 1 N–H and O–H groups in total. The summed E-state index contributed by atoms with van der Waals surface area (Å²) in [6.07, 6.45) is 1.70. The zero-order chi connectivity index (χ0) is 19.8. The molecule has 140 valence electrons. The molecular weight excluding hydrogens is 395 g/mol. The average Bonchev–Trinajstić information content (AvgIpc) is 3.00. The molecule has 0 spiro atoms. The number of anilines is 1. The van der Waals surface area contributed by atoms with Gasteiger partial charge in [-0.3, -0.25) is 9.36 Å². The van der Waals surface area contributed by atoms with Gasteiger partial charge in [0.2, 0.25) is 0 Å². The van der Waals surface area contributed by atoms with Crippen molar-refractivity contribution < 1.29 is 4.79 Å². The maximum absolute atomic E-state index is 12.8. The maximum atomic E-state index is 12.8. The van der Waals surface area contributed by atoms with E-state index >= 15 is 0 Å². The highest BCUT2D eigenvalue weighted by molar-refractivity contribution is 6.32. The van der Waals surface area contributed by atoms with Gasteiger partial charge in [0, 0.05) is 22.5 Å². The largest absolute Gasteiger partial charge is 0.322 e. The van der Waals surface area contributed by atoms with Gasteiger partial charge in [0.1, 0.15) is 11.3 Å². The molecule has 2 aromatic carbocycles. The Hall–Kier alpha value is -2.89. The number of aryl methyl sites for hydroxylation is 2. The summed E-state index contributed by atoms with van der Waals surface area (Å²) in [4.78, 5) is 21.8. The van der Waals surface area contributed by atoms with Gasteiger partial charge in [-0.05, 0) is 61.9 Å². The summed E-state index contributed by atoms with van der Waals surface area (Å²) in [5.74, 6) is 0.483. The van der Waals surface area contributed by atoms with Crippen LogP contribution in [0.2, 0.25) is 10.0 Å². The van der Waals surface area contributed by atoms with Gasteiger partial charge in [0.25, 0.3) is 5.91 Å². The molecule has 0 radical (unpaired) electrons.